The number of fused-ring (bicyclic) bond motifs is 1. The molecule has 1 aliphatic rings. The number of rotatable bonds is 1. The van der Waals surface area contributed by atoms with Gasteiger partial charge in [0.25, 0.3) is 11.8 Å². The average Bonchev–Trinajstić information content (AvgIpc) is 2.75. The third-order valence-electron chi connectivity index (χ3n) is 2.63. The number of amides is 2. The van der Waals surface area contributed by atoms with Gasteiger partial charge in [-0.15, -0.1) is 0 Å². The molecule has 6 heteroatoms. The van der Waals surface area contributed by atoms with Crippen LogP contribution in [0, 0.1) is 6.92 Å². The highest BCUT2D eigenvalue weighted by molar-refractivity contribution is 6.32. The van der Waals surface area contributed by atoms with E-state index in [4.69, 9.17) is 0 Å². The van der Waals surface area contributed by atoms with E-state index in [2.05, 4.69) is 15.0 Å². The molecule has 2 amide bonds. The van der Waals surface area contributed by atoms with E-state index in [1.807, 2.05) is 20.8 Å². The average molecular weight is 270 g/mol. The van der Waals surface area contributed by atoms with Gasteiger partial charge in [-0.05, 0) is 18.6 Å². The lowest BCUT2D eigenvalue weighted by molar-refractivity contribution is 0.0922. The van der Waals surface area contributed by atoms with Crippen molar-refractivity contribution in [1.29, 1.82) is 0 Å². The fourth-order valence-electron chi connectivity index (χ4n) is 1.76. The first kappa shape index (κ1) is 13.8. The zero-order valence-electron chi connectivity index (χ0n) is 11.5. The third kappa shape index (κ3) is 2.16. The van der Waals surface area contributed by atoms with Gasteiger partial charge in [-0.3, -0.25) is 9.59 Å². The molecular formula is C14H14N4O2. The van der Waals surface area contributed by atoms with Crippen LogP contribution in [-0.2, 0) is 0 Å². The molecular weight excluding hydrogens is 256 g/mol. The first-order chi connectivity index (χ1) is 9.68. The van der Waals surface area contributed by atoms with E-state index in [0.717, 1.165) is 10.5 Å². The normalized spacial score (nSPS) is 12.8. The second-order valence-corrected chi connectivity index (χ2v) is 3.89. The quantitative estimate of drug-likeness (QED) is 0.741. The maximum Gasteiger partial charge on any atom is 0.287 e. The Kier molecular flexibility index (Phi) is 3.84. The second kappa shape index (κ2) is 5.56. The van der Waals surface area contributed by atoms with Gasteiger partial charge in [-0.2, -0.15) is 0 Å². The molecule has 2 aromatic heterocycles. The minimum Gasteiger partial charge on any atom is -0.266 e. The summed E-state index contributed by atoms with van der Waals surface area (Å²) in [6.07, 6.45) is 4.37. The van der Waals surface area contributed by atoms with Crippen molar-refractivity contribution >= 4 is 17.6 Å². The van der Waals surface area contributed by atoms with Crippen molar-refractivity contribution in [2.24, 2.45) is 0 Å². The Labute approximate surface area is 116 Å². The summed E-state index contributed by atoms with van der Waals surface area (Å²) in [4.78, 5) is 36.9. The predicted molar refractivity (Wildman–Crippen MR) is 73.5 cm³/mol. The van der Waals surface area contributed by atoms with Crippen LogP contribution >= 0.6 is 0 Å². The van der Waals surface area contributed by atoms with E-state index in [1.165, 1.54) is 12.4 Å². The van der Waals surface area contributed by atoms with Crippen molar-refractivity contribution in [2.75, 3.05) is 4.90 Å². The van der Waals surface area contributed by atoms with Gasteiger partial charge in [0.1, 0.15) is 5.82 Å². The van der Waals surface area contributed by atoms with Crippen molar-refractivity contribution < 1.29 is 9.59 Å². The molecule has 0 bridgehead atoms. The fourth-order valence-corrected chi connectivity index (χ4v) is 1.76. The summed E-state index contributed by atoms with van der Waals surface area (Å²) in [6, 6.07) is 3.41. The molecule has 0 spiro atoms. The van der Waals surface area contributed by atoms with E-state index in [9.17, 15) is 9.59 Å². The molecule has 3 rings (SSSR count). The van der Waals surface area contributed by atoms with Gasteiger partial charge in [-0.25, -0.2) is 19.9 Å². The highest BCUT2D eigenvalue weighted by Crippen LogP contribution is 2.23. The Morgan fingerprint density at radius 2 is 1.45 bits per heavy atom. The van der Waals surface area contributed by atoms with Crippen LogP contribution in [0.5, 0.6) is 0 Å². The second-order valence-electron chi connectivity index (χ2n) is 3.89. The minimum absolute atomic E-state index is 0.0740. The lowest BCUT2D eigenvalue weighted by Crippen LogP contribution is -2.30. The molecule has 0 unspecified atom stereocenters. The van der Waals surface area contributed by atoms with E-state index in [0.29, 0.717) is 0 Å². The number of hydrogen-bond donors (Lipinski definition) is 0. The zero-order chi connectivity index (χ0) is 14.7. The molecule has 0 aromatic carbocycles. The van der Waals surface area contributed by atoms with E-state index < -0.39 is 11.8 Å². The van der Waals surface area contributed by atoms with Gasteiger partial charge < -0.3 is 0 Å². The fraction of sp³-hybridized carbons (Fsp3) is 0.214. The predicted octanol–water partition coefficient (Wildman–Crippen LogP) is 2.01. The molecule has 3 heterocycles. The summed E-state index contributed by atoms with van der Waals surface area (Å²) >= 11 is 0. The molecule has 0 radical (unpaired) electrons. The molecule has 6 nitrogen and oxygen atoms in total. The highest BCUT2D eigenvalue weighted by Gasteiger charge is 2.39. The van der Waals surface area contributed by atoms with Crippen LogP contribution in [0.15, 0.2) is 30.7 Å². The summed E-state index contributed by atoms with van der Waals surface area (Å²) in [7, 11) is 0. The van der Waals surface area contributed by atoms with Gasteiger partial charge in [-0.1, -0.05) is 19.9 Å². The number of imide groups is 1. The van der Waals surface area contributed by atoms with Crippen LogP contribution in [-0.4, -0.2) is 26.8 Å². The molecule has 0 aliphatic carbocycles. The number of anilines is 1. The number of nitrogens with zero attached hydrogens (tertiary/aromatic N) is 4. The van der Waals surface area contributed by atoms with Gasteiger partial charge in [0.2, 0.25) is 0 Å². The number of carbonyl (C=O) groups excluding carboxylic acids is 2. The molecule has 0 atom stereocenters. The van der Waals surface area contributed by atoms with Crippen molar-refractivity contribution in [3.63, 3.8) is 0 Å². The SMILES string of the molecule is CC.Cc1ccc(N2C(=O)c3nccnc3C2=O)nc1. The maximum atomic E-state index is 12.1. The number of carbonyl (C=O) groups is 2. The van der Waals surface area contributed by atoms with Gasteiger partial charge in [0, 0.05) is 18.6 Å². The van der Waals surface area contributed by atoms with E-state index in [-0.39, 0.29) is 17.2 Å². The molecule has 1 aliphatic heterocycles. The number of pyridine rings is 1. The number of hydrogen-bond acceptors (Lipinski definition) is 5. The molecule has 0 saturated heterocycles. The minimum atomic E-state index is -0.487. The van der Waals surface area contributed by atoms with Gasteiger partial charge >= 0.3 is 0 Å². The van der Waals surface area contributed by atoms with Crippen molar-refractivity contribution in [1.82, 2.24) is 15.0 Å². The van der Waals surface area contributed by atoms with E-state index >= 15 is 0 Å². The molecule has 2 aromatic rings. The zero-order valence-corrected chi connectivity index (χ0v) is 11.5. The van der Waals surface area contributed by atoms with Crippen molar-refractivity contribution in [2.45, 2.75) is 20.8 Å². The third-order valence-corrected chi connectivity index (χ3v) is 2.63. The van der Waals surface area contributed by atoms with Crippen LogP contribution < -0.4 is 4.90 Å². The summed E-state index contributed by atoms with van der Waals surface area (Å²) in [5.74, 6) is -0.686. The summed E-state index contributed by atoms with van der Waals surface area (Å²) in [5, 5.41) is 0. The Balaban J connectivity index is 0.000000704. The number of aryl methyl sites for hydroxylation is 1. The Hall–Kier alpha value is -2.63. The maximum absolute atomic E-state index is 12.1. The van der Waals surface area contributed by atoms with Crippen molar-refractivity contribution in [3.8, 4) is 0 Å². The standard InChI is InChI=1S/C12H8N4O2.C2H6/c1-7-2-3-8(15-6-7)16-11(17)9-10(12(16)18)14-5-4-13-9;1-2/h2-6H,1H3;1-2H3. The Morgan fingerprint density at radius 1 is 0.900 bits per heavy atom. The van der Waals surface area contributed by atoms with Crippen LogP contribution in [0.2, 0.25) is 0 Å². The monoisotopic (exact) mass is 270 g/mol. The Bertz CT molecular complexity index is 617. The van der Waals surface area contributed by atoms with Crippen LogP contribution in [0.1, 0.15) is 40.4 Å². The molecule has 0 fully saturated rings. The lowest BCUT2D eigenvalue weighted by atomic mass is 10.3. The smallest absolute Gasteiger partial charge is 0.266 e. The molecule has 20 heavy (non-hydrogen) atoms. The van der Waals surface area contributed by atoms with Crippen LogP contribution in [0.25, 0.3) is 0 Å². The van der Waals surface area contributed by atoms with Gasteiger partial charge in [0.05, 0.1) is 0 Å². The van der Waals surface area contributed by atoms with E-state index in [1.54, 1.807) is 18.3 Å². The topological polar surface area (TPSA) is 76.1 Å². The molecule has 102 valence electrons. The van der Waals surface area contributed by atoms with Crippen LogP contribution in [0.4, 0.5) is 5.82 Å². The summed E-state index contributed by atoms with van der Waals surface area (Å²) < 4.78 is 0. The lowest BCUT2D eigenvalue weighted by Gasteiger charge is -2.11. The largest absolute Gasteiger partial charge is 0.287 e. The molecule has 0 N–H and O–H groups in total. The number of aromatic nitrogens is 3. The van der Waals surface area contributed by atoms with Crippen molar-refractivity contribution in [3.05, 3.63) is 47.7 Å². The first-order valence-electron chi connectivity index (χ1n) is 6.31. The summed E-state index contributed by atoms with van der Waals surface area (Å²) in [5.41, 5.74) is 1.10. The van der Waals surface area contributed by atoms with Crippen LogP contribution in [0.3, 0.4) is 0 Å². The molecule has 0 saturated carbocycles. The van der Waals surface area contributed by atoms with Gasteiger partial charge in [0.15, 0.2) is 11.4 Å². The Morgan fingerprint density at radius 3 is 1.90 bits per heavy atom. The highest BCUT2D eigenvalue weighted by atomic mass is 16.2. The first-order valence-corrected chi connectivity index (χ1v) is 6.31. The summed E-state index contributed by atoms with van der Waals surface area (Å²) in [6.45, 7) is 5.88.